The Kier molecular flexibility index (Phi) is 8.78. The molecule has 0 aromatic rings. The van der Waals surface area contributed by atoms with E-state index in [4.69, 9.17) is 0 Å². The number of nitrogens with one attached hydrogen (secondary N) is 2. The van der Waals surface area contributed by atoms with E-state index in [2.05, 4.69) is 27.4 Å². The monoisotopic (exact) mass is 332 g/mol. The van der Waals surface area contributed by atoms with Crippen LogP contribution in [0.4, 0.5) is 0 Å². The van der Waals surface area contributed by atoms with Gasteiger partial charge in [0.25, 0.3) is 0 Å². The first kappa shape index (κ1) is 19.2. The zero-order valence-corrected chi connectivity index (χ0v) is 15.1. The maximum atomic E-state index is 11.4. The van der Waals surface area contributed by atoms with Gasteiger partial charge in [-0.05, 0) is 32.7 Å². The van der Waals surface area contributed by atoms with E-state index in [-0.39, 0.29) is 11.5 Å². The number of sulfone groups is 1. The van der Waals surface area contributed by atoms with Crippen LogP contribution in [0.2, 0.25) is 0 Å². The Bertz CT molecular complexity index is 437. The van der Waals surface area contributed by atoms with Crippen molar-refractivity contribution >= 4 is 15.8 Å². The second-order valence-electron chi connectivity index (χ2n) is 5.90. The summed E-state index contributed by atoms with van der Waals surface area (Å²) in [5, 5.41) is 6.30. The Balaban J connectivity index is 2.16. The van der Waals surface area contributed by atoms with Crippen LogP contribution >= 0.6 is 0 Å². The third kappa shape index (κ3) is 7.45. The minimum absolute atomic E-state index is 0.148. The molecule has 0 radical (unpaired) electrons. The highest BCUT2D eigenvalue weighted by molar-refractivity contribution is 7.91. The normalized spacial score (nSPS) is 20.9. The van der Waals surface area contributed by atoms with Gasteiger partial charge in [-0.1, -0.05) is 13.3 Å². The Labute approximate surface area is 135 Å². The van der Waals surface area contributed by atoms with Crippen LogP contribution in [-0.4, -0.2) is 70.1 Å². The number of nitrogens with zero attached hydrogens (tertiary/aromatic N) is 2. The average molecular weight is 333 g/mol. The van der Waals surface area contributed by atoms with E-state index in [1.807, 2.05) is 0 Å². The summed E-state index contributed by atoms with van der Waals surface area (Å²) in [7, 11) is -1.22. The lowest BCUT2D eigenvalue weighted by Gasteiger charge is -2.33. The van der Waals surface area contributed by atoms with E-state index in [0.29, 0.717) is 18.5 Å². The van der Waals surface area contributed by atoms with Crippen molar-refractivity contribution in [3.8, 4) is 0 Å². The van der Waals surface area contributed by atoms with Crippen molar-refractivity contribution in [2.75, 3.05) is 44.7 Å². The molecule has 1 aliphatic rings. The van der Waals surface area contributed by atoms with E-state index >= 15 is 0 Å². The van der Waals surface area contributed by atoms with Gasteiger partial charge in [0.05, 0.1) is 5.75 Å². The molecule has 1 saturated heterocycles. The molecule has 1 atom stereocenters. The molecular formula is C15H32N4O2S. The van der Waals surface area contributed by atoms with Crippen molar-refractivity contribution in [1.82, 2.24) is 15.5 Å². The van der Waals surface area contributed by atoms with Crippen LogP contribution in [0.5, 0.6) is 0 Å². The molecule has 0 aliphatic carbocycles. The number of hydrogen-bond donors (Lipinski definition) is 2. The first-order valence-corrected chi connectivity index (χ1v) is 10.2. The minimum Gasteiger partial charge on any atom is -0.356 e. The molecule has 6 nitrogen and oxygen atoms in total. The van der Waals surface area contributed by atoms with E-state index in [1.54, 1.807) is 14.0 Å². The molecule has 1 heterocycles. The summed E-state index contributed by atoms with van der Waals surface area (Å²) in [6.45, 7) is 7.55. The van der Waals surface area contributed by atoms with Crippen molar-refractivity contribution in [3.05, 3.63) is 0 Å². The van der Waals surface area contributed by atoms with E-state index < -0.39 is 9.84 Å². The lowest BCUT2D eigenvalue weighted by atomic mass is 10.0. The van der Waals surface area contributed by atoms with Gasteiger partial charge in [0.2, 0.25) is 0 Å². The SMILES string of the molecule is CCS(=O)(=O)CCNC(=NC)NCCCN1CCCCC1C. The van der Waals surface area contributed by atoms with Gasteiger partial charge >= 0.3 is 0 Å². The van der Waals surface area contributed by atoms with Gasteiger partial charge in [-0.3, -0.25) is 4.99 Å². The van der Waals surface area contributed by atoms with Gasteiger partial charge in [-0.15, -0.1) is 0 Å². The molecule has 0 aromatic heterocycles. The molecule has 0 aromatic carbocycles. The van der Waals surface area contributed by atoms with Crippen molar-refractivity contribution in [1.29, 1.82) is 0 Å². The molecule has 7 heteroatoms. The number of guanidine groups is 1. The standard InChI is InChI=1S/C15H32N4O2S/c1-4-22(20,21)13-10-18-15(16-3)17-9-7-12-19-11-6-5-8-14(19)2/h14H,4-13H2,1-3H3,(H2,16,17,18). The predicted octanol–water partition coefficient (Wildman–Crippen LogP) is 0.851. The molecule has 0 spiro atoms. The van der Waals surface area contributed by atoms with Crippen molar-refractivity contribution in [2.24, 2.45) is 4.99 Å². The molecule has 1 fully saturated rings. The number of likely N-dealkylation sites (tertiary alicyclic amines) is 1. The summed E-state index contributed by atoms with van der Waals surface area (Å²) in [5.74, 6) is 1.02. The van der Waals surface area contributed by atoms with Gasteiger partial charge in [0.1, 0.15) is 0 Å². The number of hydrogen-bond acceptors (Lipinski definition) is 4. The van der Waals surface area contributed by atoms with Gasteiger partial charge < -0.3 is 15.5 Å². The summed E-state index contributed by atoms with van der Waals surface area (Å²) in [6, 6.07) is 0.699. The number of aliphatic imine (C=N–C) groups is 1. The van der Waals surface area contributed by atoms with Crippen LogP contribution in [-0.2, 0) is 9.84 Å². The molecule has 0 amide bonds. The third-order valence-corrected chi connectivity index (χ3v) is 5.93. The Morgan fingerprint density at radius 3 is 2.64 bits per heavy atom. The smallest absolute Gasteiger partial charge is 0.191 e. The Hall–Kier alpha value is -0.820. The van der Waals surface area contributed by atoms with E-state index in [1.165, 1.54) is 25.8 Å². The van der Waals surface area contributed by atoms with Gasteiger partial charge in [-0.25, -0.2) is 8.42 Å². The second kappa shape index (κ2) is 10.0. The lowest BCUT2D eigenvalue weighted by Crippen LogP contribution is -2.42. The van der Waals surface area contributed by atoms with E-state index in [0.717, 1.165) is 19.5 Å². The minimum atomic E-state index is -2.92. The predicted molar refractivity (Wildman–Crippen MR) is 93.2 cm³/mol. The van der Waals surface area contributed by atoms with Crippen LogP contribution in [0.3, 0.4) is 0 Å². The number of rotatable bonds is 8. The molecule has 1 unspecified atom stereocenters. The highest BCUT2D eigenvalue weighted by Crippen LogP contribution is 2.15. The lowest BCUT2D eigenvalue weighted by molar-refractivity contribution is 0.159. The topological polar surface area (TPSA) is 73.8 Å². The highest BCUT2D eigenvalue weighted by Gasteiger charge is 2.17. The van der Waals surface area contributed by atoms with Crippen molar-refractivity contribution in [3.63, 3.8) is 0 Å². The molecule has 2 N–H and O–H groups in total. The largest absolute Gasteiger partial charge is 0.356 e. The Morgan fingerprint density at radius 1 is 1.27 bits per heavy atom. The first-order valence-electron chi connectivity index (χ1n) is 8.37. The van der Waals surface area contributed by atoms with Crippen LogP contribution in [0.1, 0.15) is 39.5 Å². The van der Waals surface area contributed by atoms with Gasteiger partial charge in [-0.2, -0.15) is 0 Å². The quantitative estimate of drug-likeness (QED) is 0.392. The van der Waals surface area contributed by atoms with Crippen LogP contribution in [0.15, 0.2) is 4.99 Å². The maximum absolute atomic E-state index is 11.4. The third-order valence-electron chi connectivity index (χ3n) is 4.22. The molecule has 1 rings (SSSR count). The first-order chi connectivity index (χ1) is 10.5. The molecule has 1 aliphatic heterocycles. The summed E-state index contributed by atoms with van der Waals surface area (Å²) in [4.78, 5) is 6.67. The zero-order chi connectivity index (χ0) is 16.4. The summed E-state index contributed by atoms with van der Waals surface area (Å²) in [6.07, 6.45) is 5.04. The van der Waals surface area contributed by atoms with Gasteiger partial charge in [0.15, 0.2) is 15.8 Å². The fourth-order valence-corrected chi connectivity index (χ4v) is 3.37. The fourth-order valence-electron chi connectivity index (χ4n) is 2.67. The Morgan fingerprint density at radius 2 is 2.00 bits per heavy atom. The van der Waals surface area contributed by atoms with Crippen LogP contribution < -0.4 is 10.6 Å². The average Bonchev–Trinajstić information content (AvgIpc) is 2.51. The highest BCUT2D eigenvalue weighted by atomic mass is 32.2. The molecule has 22 heavy (non-hydrogen) atoms. The summed E-state index contributed by atoms with van der Waals surface area (Å²) >= 11 is 0. The van der Waals surface area contributed by atoms with Crippen LogP contribution in [0.25, 0.3) is 0 Å². The molecule has 0 saturated carbocycles. The summed E-state index contributed by atoms with van der Waals surface area (Å²) < 4.78 is 22.9. The van der Waals surface area contributed by atoms with Crippen LogP contribution in [0, 0.1) is 0 Å². The fraction of sp³-hybridized carbons (Fsp3) is 0.933. The molecular weight excluding hydrogens is 300 g/mol. The molecule has 0 bridgehead atoms. The van der Waals surface area contributed by atoms with Crippen molar-refractivity contribution in [2.45, 2.75) is 45.6 Å². The maximum Gasteiger partial charge on any atom is 0.191 e. The zero-order valence-electron chi connectivity index (χ0n) is 14.3. The number of piperidine rings is 1. The van der Waals surface area contributed by atoms with E-state index in [9.17, 15) is 8.42 Å². The van der Waals surface area contributed by atoms with Gasteiger partial charge in [0, 0.05) is 38.5 Å². The molecule has 130 valence electrons. The second-order valence-corrected chi connectivity index (χ2v) is 8.37. The summed E-state index contributed by atoms with van der Waals surface area (Å²) in [5.41, 5.74) is 0. The van der Waals surface area contributed by atoms with Crippen molar-refractivity contribution < 1.29 is 8.42 Å².